The molecule has 0 bridgehead atoms. The molecule has 0 aliphatic carbocycles. The molecule has 3 nitrogen and oxygen atoms in total. The van der Waals surface area contributed by atoms with Crippen LogP contribution in [0.1, 0.15) is 0 Å². The molecule has 0 aliphatic heterocycles. The van der Waals surface area contributed by atoms with Gasteiger partial charge in [0.2, 0.25) is 0 Å². The van der Waals surface area contributed by atoms with E-state index in [-0.39, 0.29) is 0 Å². The average Bonchev–Trinajstić information content (AvgIpc) is 3.49. The van der Waals surface area contributed by atoms with Crippen molar-refractivity contribution in [1.82, 2.24) is 4.98 Å². The molecule has 1 aromatic heterocycles. The first-order valence-electron chi connectivity index (χ1n) is 15.3. The fraction of sp³-hybridized carbons (Fsp3) is 0. The van der Waals surface area contributed by atoms with Crippen molar-refractivity contribution in [3.63, 3.8) is 0 Å². The summed E-state index contributed by atoms with van der Waals surface area (Å²) in [4.78, 5) is 8.42. The molecule has 0 amide bonds. The van der Waals surface area contributed by atoms with E-state index in [1.807, 2.05) is 0 Å². The van der Waals surface area contributed by atoms with Crippen molar-refractivity contribution < 1.29 is 0 Å². The maximum atomic E-state index is 3.74. The number of anilines is 6. The summed E-state index contributed by atoms with van der Waals surface area (Å²) in [5.41, 5.74) is 11.1. The Bertz CT molecular complexity index is 2030. The highest BCUT2D eigenvalue weighted by Crippen LogP contribution is 2.44. The second-order valence-corrected chi connectivity index (χ2v) is 11.1. The monoisotopic (exact) mass is 577 g/mol. The van der Waals surface area contributed by atoms with Crippen LogP contribution in [0, 0.1) is 0 Å². The van der Waals surface area contributed by atoms with Gasteiger partial charge < -0.3 is 14.8 Å². The van der Waals surface area contributed by atoms with Gasteiger partial charge in [-0.05, 0) is 78.4 Å². The Morgan fingerprint density at radius 1 is 0.333 bits per heavy atom. The van der Waals surface area contributed by atoms with Crippen molar-refractivity contribution in [1.29, 1.82) is 0 Å². The largest absolute Gasteiger partial charge is 0.354 e. The van der Waals surface area contributed by atoms with E-state index in [2.05, 4.69) is 197 Å². The summed E-state index contributed by atoms with van der Waals surface area (Å²) in [5, 5.41) is 2.46. The normalized spacial score (nSPS) is 11.1. The van der Waals surface area contributed by atoms with E-state index in [0.29, 0.717) is 0 Å². The van der Waals surface area contributed by atoms with Gasteiger partial charge >= 0.3 is 0 Å². The van der Waals surface area contributed by atoms with E-state index in [9.17, 15) is 0 Å². The maximum Gasteiger partial charge on any atom is 0.0544 e. The van der Waals surface area contributed by atoms with Crippen LogP contribution in [0.15, 0.2) is 182 Å². The van der Waals surface area contributed by atoms with Crippen molar-refractivity contribution in [2.45, 2.75) is 0 Å². The number of H-pyrrole nitrogens is 1. The van der Waals surface area contributed by atoms with Crippen molar-refractivity contribution in [3.8, 4) is 11.1 Å². The molecular formula is C42H31N3. The Labute approximate surface area is 263 Å². The fourth-order valence-electron chi connectivity index (χ4n) is 6.33. The minimum atomic E-state index is 1.07. The number of aromatic amines is 1. The predicted octanol–water partition coefficient (Wildman–Crippen LogP) is 11.9. The van der Waals surface area contributed by atoms with Crippen LogP contribution >= 0.6 is 0 Å². The van der Waals surface area contributed by atoms with Crippen LogP contribution in [0.4, 0.5) is 34.1 Å². The van der Waals surface area contributed by atoms with Gasteiger partial charge in [-0.15, -0.1) is 0 Å². The lowest BCUT2D eigenvalue weighted by atomic mass is 9.99. The molecule has 8 aromatic rings. The molecule has 0 saturated heterocycles. The standard InChI is InChI=1S/C42H31N3/c1-5-16-32(17-6-1)44(33-18-7-2-8-19-33)36-28-31(38-25-15-26-40-39-24-13-14-27-41(39)43-42(38)40)29-37(30-36)45(34-20-9-3-10-21-34)35-22-11-4-12-23-35/h1-30,43H. The first-order valence-corrected chi connectivity index (χ1v) is 15.3. The Balaban J connectivity index is 1.43. The zero-order valence-electron chi connectivity index (χ0n) is 24.7. The summed E-state index contributed by atoms with van der Waals surface area (Å²) in [6.07, 6.45) is 0. The van der Waals surface area contributed by atoms with Crippen LogP contribution in [0.25, 0.3) is 32.9 Å². The van der Waals surface area contributed by atoms with Gasteiger partial charge in [0.25, 0.3) is 0 Å². The highest BCUT2D eigenvalue weighted by molar-refractivity contribution is 6.12. The first kappa shape index (κ1) is 26.6. The fourth-order valence-corrected chi connectivity index (χ4v) is 6.33. The number of aromatic nitrogens is 1. The third-order valence-electron chi connectivity index (χ3n) is 8.33. The van der Waals surface area contributed by atoms with Crippen LogP contribution in [0.3, 0.4) is 0 Å². The highest BCUT2D eigenvalue weighted by Gasteiger charge is 2.20. The molecule has 1 heterocycles. The molecule has 7 aromatic carbocycles. The lowest BCUT2D eigenvalue weighted by molar-refractivity contribution is 1.25. The van der Waals surface area contributed by atoms with Gasteiger partial charge in [-0.1, -0.05) is 109 Å². The zero-order chi connectivity index (χ0) is 30.0. The van der Waals surface area contributed by atoms with Gasteiger partial charge in [-0.25, -0.2) is 0 Å². The van der Waals surface area contributed by atoms with E-state index >= 15 is 0 Å². The molecule has 214 valence electrons. The number of nitrogens with one attached hydrogen (secondary N) is 1. The molecule has 0 fully saturated rings. The smallest absolute Gasteiger partial charge is 0.0544 e. The zero-order valence-corrected chi connectivity index (χ0v) is 24.7. The second-order valence-electron chi connectivity index (χ2n) is 11.1. The van der Waals surface area contributed by atoms with Crippen LogP contribution in [0.2, 0.25) is 0 Å². The molecule has 0 atom stereocenters. The topological polar surface area (TPSA) is 22.3 Å². The molecule has 0 unspecified atom stereocenters. The Hall–Kier alpha value is -6.06. The van der Waals surface area contributed by atoms with E-state index in [1.54, 1.807) is 0 Å². The van der Waals surface area contributed by atoms with Crippen LogP contribution in [-0.2, 0) is 0 Å². The molecule has 0 aliphatic rings. The number of benzene rings is 7. The third kappa shape index (κ3) is 5.01. The molecular weight excluding hydrogens is 546 g/mol. The van der Waals surface area contributed by atoms with Gasteiger partial charge in [0, 0.05) is 56.0 Å². The summed E-state index contributed by atoms with van der Waals surface area (Å²) in [6, 6.07) is 64.5. The summed E-state index contributed by atoms with van der Waals surface area (Å²) >= 11 is 0. The summed E-state index contributed by atoms with van der Waals surface area (Å²) in [7, 11) is 0. The summed E-state index contributed by atoms with van der Waals surface area (Å²) < 4.78 is 0. The molecule has 3 heteroatoms. The Morgan fingerprint density at radius 3 is 1.24 bits per heavy atom. The molecule has 0 saturated carbocycles. The molecule has 8 rings (SSSR count). The Morgan fingerprint density at radius 2 is 0.756 bits per heavy atom. The average molecular weight is 578 g/mol. The van der Waals surface area contributed by atoms with Gasteiger partial charge in [-0.2, -0.15) is 0 Å². The number of hydrogen-bond donors (Lipinski definition) is 1. The summed E-state index contributed by atoms with van der Waals surface area (Å²) in [6.45, 7) is 0. The number of rotatable bonds is 7. The molecule has 0 spiro atoms. The number of fused-ring (bicyclic) bond motifs is 3. The van der Waals surface area contributed by atoms with Gasteiger partial charge in [0.05, 0.1) is 5.52 Å². The molecule has 0 radical (unpaired) electrons. The number of para-hydroxylation sites is 6. The first-order chi connectivity index (χ1) is 22.3. The lowest BCUT2D eigenvalue weighted by Crippen LogP contribution is -2.13. The van der Waals surface area contributed by atoms with E-state index in [1.165, 1.54) is 10.8 Å². The number of nitrogens with zero attached hydrogens (tertiary/aromatic N) is 2. The van der Waals surface area contributed by atoms with Crippen LogP contribution in [0.5, 0.6) is 0 Å². The van der Waals surface area contributed by atoms with Crippen molar-refractivity contribution in [2.24, 2.45) is 0 Å². The van der Waals surface area contributed by atoms with Crippen LogP contribution in [-0.4, -0.2) is 4.98 Å². The van der Waals surface area contributed by atoms with Crippen LogP contribution < -0.4 is 9.80 Å². The summed E-state index contributed by atoms with van der Waals surface area (Å²) in [5.74, 6) is 0. The van der Waals surface area contributed by atoms with Gasteiger partial charge in [-0.3, -0.25) is 0 Å². The van der Waals surface area contributed by atoms with E-state index in [4.69, 9.17) is 0 Å². The van der Waals surface area contributed by atoms with E-state index < -0.39 is 0 Å². The van der Waals surface area contributed by atoms with E-state index in [0.717, 1.165) is 56.3 Å². The van der Waals surface area contributed by atoms with Gasteiger partial charge in [0.1, 0.15) is 0 Å². The third-order valence-corrected chi connectivity index (χ3v) is 8.33. The number of hydrogen-bond acceptors (Lipinski definition) is 2. The maximum absolute atomic E-state index is 3.74. The highest BCUT2D eigenvalue weighted by atomic mass is 15.2. The SMILES string of the molecule is c1ccc(N(c2ccccc2)c2cc(-c3cccc4c3[nH]c3ccccc34)cc(N(c3ccccc3)c3ccccc3)c2)cc1. The van der Waals surface area contributed by atoms with Crippen molar-refractivity contribution in [2.75, 3.05) is 9.80 Å². The predicted molar refractivity (Wildman–Crippen MR) is 191 cm³/mol. The Kier molecular flexibility index (Phi) is 6.82. The quantitative estimate of drug-likeness (QED) is 0.204. The molecule has 45 heavy (non-hydrogen) atoms. The van der Waals surface area contributed by atoms with Gasteiger partial charge in [0.15, 0.2) is 0 Å². The minimum absolute atomic E-state index is 1.07. The van der Waals surface area contributed by atoms with Crippen molar-refractivity contribution in [3.05, 3.63) is 182 Å². The molecule has 1 N–H and O–H groups in total. The minimum Gasteiger partial charge on any atom is -0.354 e. The lowest BCUT2D eigenvalue weighted by Gasteiger charge is -2.30. The second kappa shape index (κ2) is 11.6. The van der Waals surface area contributed by atoms with Crippen molar-refractivity contribution >= 4 is 55.9 Å².